The van der Waals surface area contributed by atoms with Crippen molar-refractivity contribution in [3.63, 3.8) is 0 Å². The van der Waals surface area contributed by atoms with Crippen molar-refractivity contribution in [2.24, 2.45) is 0 Å². The first kappa shape index (κ1) is 7.16. The van der Waals surface area contributed by atoms with Crippen LogP contribution in [0.1, 0.15) is 5.56 Å². The summed E-state index contributed by atoms with van der Waals surface area (Å²) < 4.78 is 5.21. The third-order valence-electron chi connectivity index (χ3n) is 1.88. The summed E-state index contributed by atoms with van der Waals surface area (Å²) in [6, 6.07) is 4.04. The highest BCUT2D eigenvalue weighted by molar-refractivity contribution is 5.85. The molecule has 0 saturated heterocycles. The lowest BCUT2D eigenvalue weighted by molar-refractivity contribution is 0.419. The summed E-state index contributed by atoms with van der Waals surface area (Å²) in [5.74, 6) is 0.874. The Morgan fingerprint density at radius 3 is 3.00 bits per heavy atom. The number of H-pyrrole nitrogens is 1. The first-order chi connectivity index (χ1) is 5.81. The average molecular weight is 162 g/mol. The maximum atomic E-state index is 5.21. The molecule has 0 fully saturated rings. The Morgan fingerprint density at radius 2 is 2.25 bits per heavy atom. The highest BCUT2D eigenvalue weighted by atomic mass is 16.5. The predicted molar refractivity (Wildman–Crippen MR) is 47.4 cm³/mol. The Hall–Kier alpha value is -1.51. The van der Waals surface area contributed by atoms with E-state index < -0.39 is 0 Å². The Balaban J connectivity index is 2.80. The number of methoxy groups -OCH3 is 1. The van der Waals surface area contributed by atoms with E-state index in [1.807, 2.05) is 19.1 Å². The van der Waals surface area contributed by atoms with E-state index in [2.05, 4.69) is 10.2 Å². The van der Waals surface area contributed by atoms with Crippen LogP contribution in [-0.2, 0) is 0 Å². The van der Waals surface area contributed by atoms with Gasteiger partial charge in [0, 0.05) is 0 Å². The fourth-order valence-electron chi connectivity index (χ4n) is 1.33. The highest BCUT2D eigenvalue weighted by Crippen LogP contribution is 2.24. The second-order valence-electron chi connectivity index (χ2n) is 2.80. The first-order valence-corrected chi connectivity index (χ1v) is 3.79. The van der Waals surface area contributed by atoms with Crippen molar-refractivity contribution < 1.29 is 4.74 Å². The predicted octanol–water partition coefficient (Wildman–Crippen LogP) is 1.88. The molecule has 12 heavy (non-hydrogen) atoms. The molecule has 0 radical (unpaired) electrons. The van der Waals surface area contributed by atoms with Crippen molar-refractivity contribution in [3.05, 3.63) is 23.9 Å². The lowest BCUT2D eigenvalue weighted by Gasteiger charge is -2.01. The van der Waals surface area contributed by atoms with Gasteiger partial charge in [0.25, 0.3) is 0 Å². The van der Waals surface area contributed by atoms with Gasteiger partial charge in [-0.1, -0.05) is 0 Å². The van der Waals surface area contributed by atoms with Crippen LogP contribution in [-0.4, -0.2) is 17.3 Å². The molecule has 0 aliphatic carbocycles. The molecule has 1 aromatic carbocycles. The van der Waals surface area contributed by atoms with Crippen LogP contribution in [0.25, 0.3) is 10.9 Å². The number of aryl methyl sites for hydroxylation is 1. The van der Waals surface area contributed by atoms with E-state index in [0.717, 1.165) is 16.7 Å². The number of rotatable bonds is 1. The van der Waals surface area contributed by atoms with Gasteiger partial charge < -0.3 is 4.74 Å². The number of nitrogens with one attached hydrogen (secondary N) is 1. The molecule has 0 aliphatic heterocycles. The van der Waals surface area contributed by atoms with Crippen LogP contribution >= 0.6 is 0 Å². The number of hydrogen-bond donors (Lipinski definition) is 1. The van der Waals surface area contributed by atoms with Crippen LogP contribution in [0.4, 0.5) is 0 Å². The molecule has 0 bridgehead atoms. The third-order valence-corrected chi connectivity index (χ3v) is 1.88. The molecule has 1 heterocycles. The molecular formula is C9H10N2O. The van der Waals surface area contributed by atoms with Gasteiger partial charge in [-0.2, -0.15) is 5.10 Å². The smallest absolute Gasteiger partial charge is 0.130 e. The number of benzene rings is 1. The van der Waals surface area contributed by atoms with Gasteiger partial charge in [0.15, 0.2) is 0 Å². The number of nitrogens with zero attached hydrogens (tertiary/aromatic N) is 1. The average Bonchev–Trinajstić information content (AvgIpc) is 2.50. The minimum Gasteiger partial charge on any atom is -0.496 e. The maximum Gasteiger partial charge on any atom is 0.130 e. The molecule has 62 valence electrons. The number of hydrogen-bond acceptors (Lipinski definition) is 2. The first-order valence-electron chi connectivity index (χ1n) is 3.79. The minimum atomic E-state index is 0.874. The highest BCUT2D eigenvalue weighted by Gasteiger charge is 2.02. The summed E-state index contributed by atoms with van der Waals surface area (Å²) >= 11 is 0. The molecular weight excluding hydrogens is 152 g/mol. The molecule has 0 unspecified atom stereocenters. The van der Waals surface area contributed by atoms with Gasteiger partial charge in [-0.3, -0.25) is 5.10 Å². The zero-order chi connectivity index (χ0) is 8.55. The van der Waals surface area contributed by atoms with Crippen molar-refractivity contribution in [1.82, 2.24) is 10.2 Å². The number of aromatic nitrogens is 2. The second kappa shape index (κ2) is 2.52. The quantitative estimate of drug-likeness (QED) is 0.695. The second-order valence-corrected chi connectivity index (χ2v) is 2.80. The number of aromatic amines is 1. The van der Waals surface area contributed by atoms with Crippen molar-refractivity contribution in [2.75, 3.05) is 7.11 Å². The lowest BCUT2D eigenvalue weighted by Crippen LogP contribution is -1.84. The zero-order valence-corrected chi connectivity index (χ0v) is 7.09. The summed E-state index contributed by atoms with van der Waals surface area (Å²) in [5, 5.41) is 7.88. The van der Waals surface area contributed by atoms with Gasteiger partial charge in [0.05, 0.1) is 24.2 Å². The maximum absolute atomic E-state index is 5.21. The van der Waals surface area contributed by atoms with Crippen molar-refractivity contribution in [3.8, 4) is 5.75 Å². The molecule has 3 nitrogen and oxygen atoms in total. The van der Waals surface area contributed by atoms with Crippen LogP contribution in [0.5, 0.6) is 5.75 Å². The van der Waals surface area contributed by atoms with Crippen molar-refractivity contribution in [2.45, 2.75) is 6.92 Å². The van der Waals surface area contributed by atoms with Gasteiger partial charge in [-0.25, -0.2) is 0 Å². The van der Waals surface area contributed by atoms with E-state index in [4.69, 9.17) is 4.74 Å². The normalized spacial score (nSPS) is 10.5. The molecule has 0 spiro atoms. The van der Waals surface area contributed by atoms with Crippen molar-refractivity contribution in [1.29, 1.82) is 0 Å². The van der Waals surface area contributed by atoms with Crippen LogP contribution in [0.3, 0.4) is 0 Å². The number of fused-ring (bicyclic) bond motifs is 1. The Labute approximate surface area is 70.4 Å². The summed E-state index contributed by atoms with van der Waals surface area (Å²) in [5.41, 5.74) is 2.19. The number of ether oxygens (including phenoxy) is 1. The molecule has 0 amide bonds. The molecule has 3 heteroatoms. The Kier molecular flexibility index (Phi) is 1.50. The van der Waals surface area contributed by atoms with E-state index in [9.17, 15) is 0 Å². The standard InChI is InChI=1S/C9H10N2O/c1-6-3-8-7(5-10-11-8)9(4-6)12-2/h3-5H,1-2H3,(H,10,11). The lowest BCUT2D eigenvalue weighted by atomic mass is 10.2. The molecule has 0 saturated carbocycles. The van der Waals surface area contributed by atoms with Crippen LogP contribution in [0, 0.1) is 6.92 Å². The van der Waals surface area contributed by atoms with E-state index >= 15 is 0 Å². The van der Waals surface area contributed by atoms with Crippen LogP contribution in [0.2, 0.25) is 0 Å². The largest absolute Gasteiger partial charge is 0.496 e. The van der Waals surface area contributed by atoms with Crippen LogP contribution in [0.15, 0.2) is 18.3 Å². The summed E-state index contributed by atoms with van der Waals surface area (Å²) in [6.45, 7) is 2.03. The molecule has 0 atom stereocenters. The van der Waals surface area contributed by atoms with E-state index in [-0.39, 0.29) is 0 Å². The summed E-state index contributed by atoms with van der Waals surface area (Å²) in [4.78, 5) is 0. The Bertz CT molecular complexity index is 406. The molecule has 1 N–H and O–H groups in total. The van der Waals surface area contributed by atoms with Crippen LogP contribution < -0.4 is 4.74 Å². The van der Waals surface area contributed by atoms with E-state index in [1.165, 1.54) is 5.56 Å². The van der Waals surface area contributed by atoms with Gasteiger partial charge >= 0.3 is 0 Å². The fourth-order valence-corrected chi connectivity index (χ4v) is 1.33. The topological polar surface area (TPSA) is 37.9 Å². The summed E-state index contributed by atoms with van der Waals surface area (Å²) in [7, 11) is 1.67. The van der Waals surface area contributed by atoms with Gasteiger partial charge in [0.2, 0.25) is 0 Å². The molecule has 2 aromatic rings. The monoisotopic (exact) mass is 162 g/mol. The van der Waals surface area contributed by atoms with Gasteiger partial charge in [-0.15, -0.1) is 0 Å². The molecule has 1 aromatic heterocycles. The van der Waals surface area contributed by atoms with E-state index in [1.54, 1.807) is 13.3 Å². The molecule has 2 rings (SSSR count). The minimum absolute atomic E-state index is 0.874. The Morgan fingerprint density at radius 1 is 1.42 bits per heavy atom. The van der Waals surface area contributed by atoms with Gasteiger partial charge in [-0.05, 0) is 24.6 Å². The van der Waals surface area contributed by atoms with E-state index in [0.29, 0.717) is 0 Å². The van der Waals surface area contributed by atoms with Crippen molar-refractivity contribution >= 4 is 10.9 Å². The third kappa shape index (κ3) is 0.942. The fraction of sp³-hybridized carbons (Fsp3) is 0.222. The van der Waals surface area contributed by atoms with Gasteiger partial charge in [0.1, 0.15) is 5.75 Å². The SMILES string of the molecule is COc1cc(C)cc2[nH]ncc12. The summed E-state index contributed by atoms with van der Waals surface area (Å²) in [6.07, 6.45) is 1.77. The molecule has 0 aliphatic rings. The zero-order valence-electron chi connectivity index (χ0n) is 7.09.